The Balaban J connectivity index is 1.55. The summed E-state index contributed by atoms with van der Waals surface area (Å²) in [6.45, 7) is 1.84. The van der Waals surface area contributed by atoms with Gasteiger partial charge < -0.3 is 4.74 Å². The Bertz CT molecular complexity index is 1030. The molecule has 3 aromatic carbocycles. The van der Waals surface area contributed by atoms with Gasteiger partial charge in [-0.1, -0.05) is 30.3 Å². The second-order valence-electron chi connectivity index (χ2n) is 6.19. The summed E-state index contributed by atoms with van der Waals surface area (Å²) in [6.07, 6.45) is 0. The monoisotopic (exact) mass is 357 g/mol. The van der Waals surface area contributed by atoms with E-state index in [1.807, 2.05) is 19.1 Å². The molecule has 5 nitrogen and oxygen atoms in total. The summed E-state index contributed by atoms with van der Waals surface area (Å²) in [7, 11) is 0. The van der Waals surface area contributed by atoms with Crippen LogP contribution in [-0.4, -0.2) is 17.8 Å². The summed E-state index contributed by atoms with van der Waals surface area (Å²) >= 11 is 0. The van der Waals surface area contributed by atoms with Gasteiger partial charge in [-0.2, -0.15) is 0 Å². The lowest BCUT2D eigenvalue weighted by molar-refractivity contribution is 0.0733. The minimum atomic E-state index is -0.457. The van der Waals surface area contributed by atoms with E-state index in [2.05, 4.69) is 0 Å². The van der Waals surface area contributed by atoms with Crippen molar-refractivity contribution in [3.8, 4) is 5.75 Å². The number of benzene rings is 3. The van der Waals surface area contributed by atoms with E-state index in [9.17, 15) is 14.4 Å². The smallest absolute Gasteiger partial charge is 0.343 e. The van der Waals surface area contributed by atoms with Gasteiger partial charge in [0.2, 0.25) is 0 Å². The van der Waals surface area contributed by atoms with Crippen molar-refractivity contribution in [3.63, 3.8) is 0 Å². The number of hydrogen-bond acceptors (Lipinski definition) is 4. The zero-order valence-corrected chi connectivity index (χ0v) is 14.5. The largest absolute Gasteiger partial charge is 0.423 e. The normalized spacial score (nSPS) is 12.9. The third kappa shape index (κ3) is 2.89. The Morgan fingerprint density at radius 1 is 0.778 bits per heavy atom. The van der Waals surface area contributed by atoms with Crippen LogP contribution in [0.25, 0.3) is 0 Å². The summed E-state index contributed by atoms with van der Waals surface area (Å²) in [5.74, 6) is -0.842. The van der Waals surface area contributed by atoms with E-state index in [4.69, 9.17) is 4.74 Å². The first kappa shape index (κ1) is 16.7. The third-order valence-corrected chi connectivity index (χ3v) is 4.46. The molecule has 0 bridgehead atoms. The zero-order chi connectivity index (χ0) is 19.0. The van der Waals surface area contributed by atoms with Crippen molar-refractivity contribution in [2.45, 2.75) is 6.92 Å². The van der Waals surface area contributed by atoms with Crippen molar-refractivity contribution in [1.82, 2.24) is 0 Å². The van der Waals surface area contributed by atoms with Gasteiger partial charge in [0.25, 0.3) is 11.8 Å². The molecule has 1 heterocycles. The highest BCUT2D eigenvalue weighted by Crippen LogP contribution is 2.29. The highest BCUT2D eigenvalue weighted by molar-refractivity contribution is 6.34. The average molecular weight is 357 g/mol. The number of carbonyl (C=O) groups is 3. The van der Waals surface area contributed by atoms with Gasteiger partial charge in [0.05, 0.1) is 22.4 Å². The van der Waals surface area contributed by atoms with E-state index in [-0.39, 0.29) is 11.8 Å². The molecule has 0 unspecified atom stereocenters. The molecular weight excluding hydrogens is 342 g/mol. The molecule has 0 spiro atoms. The quantitative estimate of drug-likeness (QED) is 0.404. The van der Waals surface area contributed by atoms with E-state index < -0.39 is 5.97 Å². The van der Waals surface area contributed by atoms with Crippen LogP contribution in [0.3, 0.4) is 0 Å². The molecule has 0 aromatic heterocycles. The van der Waals surface area contributed by atoms with Gasteiger partial charge in [0, 0.05) is 0 Å². The molecule has 5 heteroatoms. The van der Waals surface area contributed by atoms with Crippen molar-refractivity contribution >= 4 is 23.5 Å². The lowest BCUT2D eigenvalue weighted by Gasteiger charge is -2.14. The lowest BCUT2D eigenvalue weighted by Crippen LogP contribution is -2.29. The number of esters is 1. The molecule has 1 aliphatic heterocycles. The number of nitrogens with zero attached hydrogens (tertiary/aromatic N) is 1. The molecule has 27 heavy (non-hydrogen) atoms. The number of fused-ring (bicyclic) bond motifs is 1. The number of rotatable bonds is 3. The van der Waals surface area contributed by atoms with E-state index in [1.54, 1.807) is 60.7 Å². The number of aryl methyl sites for hydroxylation is 1. The Morgan fingerprint density at radius 3 is 1.93 bits per heavy atom. The molecule has 0 fully saturated rings. The van der Waals surface area contributed by atoms with Gasteiger partial charge >= 0.3 is 5.97 Å². The van der Waals surface area contributed by atoms with Crippen LogP contribution in [0, 0.1) is 6.92 Å². The molecule has 0 aliphatic carbocycles. The minimum Gasteiger partial charge on any atom is -0.423 e. The van der Waals surface area contributed by atoms with Gasteiger partial charge in [-0.05, 0) is 55.0 Å². The molecule has 1 aliphatic rings. The molecule has 0 atom stereocenters. The fourth-order valence-corrected chi connectivity index (χ4v) is 3.05. The average Bonchev–Trinajstić information content (AvgIpc) is 2.94. The maximum Gasteiger partial charge on any atom is 0.343 e. The number of carbonyl (C=O) groups excluding carboxylic acids is 3. The van der Waals surface area contributed by atoms with Crippen molar-refractivity contribution in [2.75, 3.05) is 4.90 Å². The summed E-state index contributed by atoms with van der Waals surface area (Å²) in [5.41, 5.74) is 2.51. The summed E-state index contributed by atoms with van der Waals surface area (Å²) in [5, 5.41) is 0. The van der Waals surface area contributed by atoms with Gasteiger partial charge in [0.15, 0.2) is 0 Å². The molecule has 0 N–H and O–H groups in total. The SMILES string of the molecule is Cc1ccccc1C(=O)Oc1ccc(N2C(=O)c3ccccc3C2=O)cc1. The minimum absolute atomic E-state index is 0.337. The molecule has 132 valence electrons. The number of ether oxygens (including phenoxy) is 1. The Labute approximate surface area is 155 Å². The van der Waals surface area contributed by atoms with Crippen LogP contribution in [-0.2, 0) is 0 Å². The molecule has 0 radical (unpaired) electrons. The van der Waals surface area contributed by atoms with Gasteiger partial charge in [-0.3, -0.25) is 9.59 Å². The second kappa shape index (κ2) is 6.53. The summed E-state index contributed by atoms with van der Waals surface area (Å²) in [4.78, 5) is 38.4. The summed E-state index contributed by atoms with van der Waals surface area (Å²) in [6, 6.07) is 20.2. The van der Waals surface area contributed by atoms with Crippen molar-refractivity contribution in [1.29, 1.82) is 0 Å². The van der Waals surface area contributed by atoms with Crippen LogP contribution >= 0.6 is 0 Å². The maximum absolute atomic E-state index is 12.5. The van der Waals surface area contributed by atoms with Gasteiger partial charge in [-0.15, -0.1) is 0 Å². The highest BCUT2D eigenvalue weighted by Gasteiger charge is 2.36. The van der Waals surface area contributed by atoms with Crippen LogP contribution < -0.4 is 9.64 Å². The predicted molar refractivity (Wildman–Crippen MR) is 100 cm³/mol. The fourth-order valence-electron chi connectivity index (χ4n) is 3.05. The van der Waals surface area contributed by atoms with Crippen LogP contribution in [0.5, 0.6) is 5.75 Å². The molecule has 0 saturated heterocycles. The first-order chi connectivity index (χ1) is 13.1. The van der Waals surface area contributed by atoms with Crippen LogP contribution in [0.1, 0.15) is 36.6 Å². The molecule has 0 saturated carbocycles. The van der Waals surface area contributed by atoms with E-state index in [0.717, 1.165) is 10.5 Å². The Morgan fingerprint density at radius 2 is 1.33 bits per heavy atom. The topological polar surface area (TPSA) is 63.7 Å². The van der Waals surface area contributed by atoms with E-state index >= 15 is 0 Å². The Hall–Kier alpha value is -3.73. The third-order valence-electron chi connectivity index (χ3n) is 4.46. The predicted octanol–water partition coefficient (Wildman–Crippen LogP) is 4.01. The Kier molecular flexibility index (Phi) is 4.05. The van der Waals surface area contributed by atoms with Crippen molar-refractivity contribution in [2.24, 2.45) is 0 Å². The van der Waals surface area contributed by atoms with Gasteiger partial charge in [0.1, 0.15) is 5.75 Å². The van der Waals surface area contributed by atoms with E-state index in [0.29, 0.717) is 28.1 Å². The fraction of sp³-hybridized carbons (Fsp3) is 0.0455. The number of imide groups is 1. The lowest BCUT2D eigenvalue weighted by atomic mass is 10.1. The number of amides is 2. The first-order valence-electron chi connectivity index (χ1n) is 8.42. The van der Waals surface area contributed by atoms with Gasteiger partial charge in [-0.25, -0.2) is 9.69 Å². The number of anilines is 1. The van der Waals surface area contributed by atoms with Crippen LogP contribution in [0.15, 0.2) is 72.8 Å². The zero-order valence-electron chi connectivity index (χ0n) is 14.5. The first-order valence-corrected chi connectivity index (χ1v) is 8.42. The maximum atomic E-state index is 12.5. The second-order valence-corrected chi connectivity index (χ2v) is 6.19. The summed E-state index contributed by atoms with van der Waals surface area (Å²) < 4.78 is 5.39. The van der Waals surface area contributed by atoms with Crippen LogP contribution in [0.2, 0.25) is 0 Å². The highest BCUT2D eigenvalue weighted by atomic mass is 16.5. The number of hydrogen-bond donors (Lipinski definition) is 0. The van der Waals surface area contributed by atoms with E-state index in [1.165, 1.54) is 0 Å². The molecule has 4 rings (SSSR count). The molecular formula is C22H15NO4. The molecule has 3 aromatic rings. The van der Waals surface area contributed by atoms with Crippen molar-refractivity contribution < 1.29 is 19.1 Å². The molecule has 2 amide bonds. The van der Waals surface area contributed by atoms with Crippen molar-refractivity contribution in [3.05, 3.63) is 95.1 Å². The van der Waals surface area contributed by atoms with Crippen LogP contribution in [0.4, 0.5) is 5.69 Å². The standard InChI is InChI=1S/C22H15NO4/c1-14-6-2-3-7-17(14)22(26)27-16-12-10-15(11-13-16)23-20(24)18-8-4-5-9-19(18)21(23)25/h2-13H,1H3.